The van der Waals surface area contributed by atoms with Crippen molar-refractivity contribution in [2.45, 2.75) is 0 Å². The SMILES string of the molecule is Nc1nc2cc(I)ccc2n1-c1ccccc1F. The molecule has 0 saturated carbocycles. The van der Waals surface area contributed by atoms with Gasteiger partial charge in [-0.1, -0.05) is 12.1 Å². The molecule has 18 heavy (non-hydrogen) atoms. The zero-order valence-electron chi connectivity index (χ0n) is 9.27. The van der Waals surface area contributed by atoms with E-state index >= 15 is 0 Å². The first-order valence-corrected chi connectivity index (χ1v) is 6.43. The molecule has 0 bridgehead atoms. The predicted octanol–water partition coefficient (Wildman–Crippen LogP) is 3.35. The van der Waals surface area contributed by atoms with Crippen LogP contribution < -0.4 is 5.73 Å². The summed E-state index contributed by atoms with van der Waals surface area (Å²) >= 11 is 2.21. The van der Waals surface area contributed by atoms with Crippen LogP contribution in [0.3, 0.4) is 0 Å². The van der Waals surface area contributed by atoms with Gasteiger partial charge in [0.25, 0.3) is 0 Å². The molecule has 0 atom stereocenters. The summed E-state index contributed by atoms with van der Waals surface area (Å²) in [5.41, 5.74) is 7.87. The van der Waals surface area contributed by atoms with Crippen molar-refractivity contribution in [3.63, 3.8) is 0 Å². The van der Waals surface area contributed by atoms with Gasteiger partial charge in [-0.3, -0.25) is 4.57 Å². The topological polar surface area (TPSA) is 43.8 Å². The number of nitrogens with zero attached hydrogens (tertiary/aromatic N) is 2. The number of imidazole rings is 1. The van der Waals surface area contributed by atoms with Crippen molar-refractivity contribution in [2.75, 3.05) is 5.73 Å². The van der Waals surface area contributed by atoms with Crippen LogP contribution >= 0.6 is 22.6 Å². The Bertz CT molecular complexity index is 736. The number of halogens is 2. The fourth-order valence-electron chi connectivity index (χ4n) is 1.96. The van der Waals surface area contributed by atoms with Crippen LogP contribution in [0.4, 0.5) is 10.3 Å². The van der Waals surface area contributed by atoms with E-state index in [2.05, 4.69) is 27.6 Å². The summed E-state index contributed by atoms with van der Waals surface area (Å²) in [7, 11) is 0. The Hall–Kier alpha value is -1.63. The molecule has 0 spiro atoms. The van der Waals surface area contributed by atoms with Crippen molar-refractivity contribution >= 4 is 39.6 Å². The molecule has 0 radical (unpaired) electrons. The number of nitrogens with two attached hydrogens (primary N) is 1. The molecule has 1 aromatic heterocycles. The first-order valence-electron chi connectivity index (χ1n) is 5.35. The second-order valence-electron chi connectivity index (χ2n) is 3.89. The minimum absolute atomic E-state index is 0.289. The van der Waals surface area contributed by atoms with Gasteiger partial charge < -0.3 is 5.73 Å². The highest BCUT2D eigenvalue weighted by atomic mass is 127. The lowest BCUT2D eigenvalue weighted by molar-refractivity contribution is 0.620. The van der Waals surface area contributed by atoms with E-state index in [4.69, 9.17) is 5.73 Å². The fraction of sp³-hybridized carbons (Fsp3) is 0. The van der Waals surface area contributed by atoms with Gasteiger partial charge in [0.05, 0.1) is 16.7 Å². The smallest absolute Gasteiger partial charge is 0.206 e. The zero-order valence-corrected chi connectivity index (χ0v) is 11.4. The Morgan fingerprint density at radius 1 is 1.17 bits per heavy atom. The van der Waals surface area contributed by atoms with Crippen molar-refractivity contribution < 1.29 is 4.39 Å². The summed E-state index contributed by atoms with van der Waals surface area (Å²) in [6, 6.07) is 12.3. The van der Waals surface area contributed by atoms with Crippen molar-refractivity contribution in [3.05, 3.63) is 51.9 Å². The van der Waals surface area contributed by atoms with E-state index < -0.39 is 0 Å². The highest BCUT2D eigenvalue weighted by Gasteiger charge is 2.12. The Morgan fingerprint density at radius 3 is 2.72 bits per heavy atom. The van der Waals surface area contributed by atoms with Crippen LogP contribution in [0.5, 0.6) is 0 Å². The Kier molecular flexibility index (Phi) is 2.70. The molecule has 2 N–H and O–H groups in total. The third-order valence-corrected chi connectivity index (χ3v) is 3.41. The average Bonchev–Trinajstić information content (AvgIpc) is 2.65. The lowest BCUT2D eigenvalue weighted by atomic mass is 10.2. The number of rotatable bonds is 1. The molecule has 0 aliphatic carbocycles. The molecular weight excluding hydrogens is 344 g/mol. The van der Waals surface area contributed by atoms with E-state index in [1.165, 1.54) is 6.07 Å². The molecule has 90 valence electrons. The molecule has 0 unspecified atom stereocenters. The molecule has 2 aromatic carbocycles. The minimum atomic E-state index is -0.318. The summed E-state index contributed by atoms with van der Waals surface area (Å²) in [6.07, 6.45) is 0. The van der Waals surface area contributed by atoms with Crippen LogP contribution in [0.1, 0.15) is 0 Å². The quantitative estimate of drug-likeness (QED) is 0.682. The highest BCUT2D eigenvalue weighted by molar-refractivity contribution is 14.1. The van der Waals surface area contributed by atoms with E-state index in [1.807, 2.05) is 18.2 Å². The van der Waals surface area contributed by atoms with Crippen LogP contribution in [0.2, 0.25) is 0 Å². The van der Waals surface area contributed by atoms with Crippen LogP contribution in [0, 0.1) is 9.39 Å². The van der Waals surface area contributed by atoms with E-state index in [0.29, 0.717) is 5.69 Å². The largest absolute Gasteiger partial charge is 0.369 e. The van der Waals surface area contributed by atoms with Crippen molar-refractivity contribution in [2.24, 2.45) is 0 Å². The molecule has 0 aliphatic heterocycles. The van der Waals surface area contributed by atoms with Crippen LogP contribution in [0.25, 0.3) is 16.7 Å². The van der Waals surface area contributed by atoms with Crippen LogP contribution in [-0.2, 0) is 0 Å². The molecule has 1 heterocycles. The number of hydrogen-bond acceptors (Lipinski definition) is 2. The molecular formula is C13H9FIN3. The lowest BCUT2D eigenvalue weighted by Gasteiger charge is -2.07. The molecule has 0 amide bonds. The molecule has 3 rings (SSSR count). The molecule has 3 aromatic rings. The minimum Gasteiger partial charge on any atom is -0.369 e. The summed E-state index contributed by atoms with van der Waals surface area (Å²) in [5.74, 6) is -0.0286. The van der Waals surface area contributed by atoms with E-state index in [-0.39, 0.29) is 11.8 Å². The van der Waals surface area contributed by atoms with E-state index in [9.17, 15) is 4.39 Å². The fourth-order valence-corrected chi connectivity index (χ4v) is 2.43. The van der Waals surface area contributed by atoms with Gasteiger partial charge in [0.1, 0.15) is 5.82 Å². The molecule has 0 saturated heterocycles. The zero-order chi connectivity index (χ0) is 12.7. The summed E-state index contributed by atoms with van der Waals surface area (Å²) in [5, 5.41) is 0. The lowest BCUT2D eigenvalue weighted by Crippen LogP contribution is -2.02. The van der Waals surface area contributed by atoms with E-state index in [1.54, 1.807) is 22.8 Å². The van der Waals surface area contributed by atoms with Gasteiger partial charge in [0.2, 0.25) is 5.95 Å². The van der Waals surface area contributed by atoms with Gasteiger partial charge in [-0.15, -0.1) is 0 Å². The van der Waals surface area contributed by atoms with Gasteiger partial charge in [-0.2, -0.15) is 0 Å². The molecule has 3 nitrogen and oxygen atoms in total. The van der Waals surface area contributed by atoms with Crippen LogP contribution in [0.15, 0.2) is 42.5 Å². The summed E-state index contributed by atoms with van der Waals surface area (Å²) < 4.78 is 16.5. The molecule has 0 fully saturated rings. The molecule has 0 aliphatic rings. The van der Waals surface area contributed by atoms with Gasteiger partial charge in [-0.05, 0) is 52.9 Å². The monoisotopic (exact) mass is 353 g/mol. The standard InChI is InChI=1S/C13H9FIN3/c14-9-3-1-2-4-11(9)18-12-6-5-8(15)7-10(12)17-13(18)16/h1-7H,(H2,16,17). The van der Waals surface area contributed by atoms with Crippen molar-refractivity contribution in [1.29, 1.82) is 0 Å². The first kappa shape index (κ1) is 11.5. The number of para-hydroxylation sites is 1. The first-order chi connectivity index (χ1) is 8.66. The van der Waals surface area contributed by atoms with Gasteiger partial charge in [-0.25, -0.2) is 9.37 Å². The highest BCUT2D eigenvalue weighted by Crippen LogP contribution is 2.25. The Morgan fingerprint density at radius 2 is 1.94 bits per heavy atom. The maximum absolute atomic E-state index is 13.8. The number of benzene rings is 2. The van der Waals surface area contributed by atoms with Crippen molar-refractivity contribution in [1.82, 2.24) is 9.55 Å². The number of fused-ring (bicyclic) bond motifs is 1. The number of aromatic nitrogens is 2. The second kappa shape index (κ2) is 4.24. The third-order valence-electron chi connectivity index (χ3n) is 2.74. The maximum Gasteiger partial charge on any atom is 0.206 e. The van der Waals surface area contributed by atoms with Gasteiger partial charge in [0.15, 0.2) is 0 Å². The number of anilines is 1. The predicted molar refractivity (Wildman–Crippen MR) is 78.2 cm³/mol. The van der Waals surface area contributed by atoms with Gasteiger partial charge in [0, 0.05) is 3.57 Å². The Labute approximate surface area is 117 Å². The number of hydrogen-bond donors (Lipinski definition) is 1. The molecule has 5 heteroatoms. The average molecular weight is 353 g/mol. The second-order valence-corrected chi connectivity index (χ2v) is 5.14. The normalized spacial score (nSPS) is 11.0. The summed E-state index contributed by atoms with van der Waals surface area (Å²) in [6.45, 7) is 0. The number of nitrogen functional groups attached to an aromatic ring is 1. The van der Waals surface area contributed by atoms with E-state index in [0.717, 1.165) is 14.6 Å². The Balaban J connectivity index is 2.36. The summed E-state index contributed by atoms with van der Waals surface area (Å²) in [4.78, 5) is 4.26. The van der Waals surface area contributed by atoms with Crippen molar-refractivity contribution in [3.8, 4) is 5.69 Å². The van der Waals surface area contributed by atoms with Crippen LogP contribution in [-0.4, -0.2) is 9.55 Å². The third kappa shape index (κ3) is 1.74. The van der Waals surface area contributed by atoms with Gasteiger partial charge >= 0.3 is 0 Å². The maximum atomic E-state index is 13.8.